The van der Waals surface area contributed by atoms with Crippen LogP contribution in [0.3, 0.4) is 0 Å². The van der Waals surface area contributed by atoms with Crippen molar-refractivity contribution in [2.45, 2.75) is 13.8 Å². The van der Waals surface area contributed by atoms with E-state index >= 15 is 0 Å². The van der Waals surface area contributed by atoms with Crippen LogP contribution >= 0.6 is 45.9 Å². The van der Waals surface area contributed by atoms with E-state index in [0.717, 1.165) is 21.4 Å². The summed E-state index contributed by atoms with van der Waals surface area (Å²) in [5.74, 6) is -0.834. The van der Waals surface area contributed by atoms with Gasteiger partial charge in [0.15, 0.2) is 5.13 Å². The van der Waals surface area contributed by atoms with Crippen LogP contribution in [-0.4, -0.2) is 23.5 Å². The molecule has 0 bridgehead atoms. The SMILES string of the molecule is CCOC(=O)c1sc(NC(=O)c2sc3cc(Cl)ccc3c2Cl)nc1C. The zero-order valence-electron chi connectivity index (χ0n) is 13.2. The lowest BCUT2D eigenvalue weighted by atomic mass is 10.2. The maximum absolute atomic E-state index is 12.5. The molecule has 3 rings (SSSR count). The summed E-state index contributed by atoms with van der Waals surface area (Å²) in [7, 11) is 0. The number of hydrogen-bond acceptors (Lipinski definition) is 6. The first-order chi connectivity index (χ1) is 11.9. The first-order valence-electron chi connectivity index (χ1n) is 7.24. The normalized spacial score (nSPS) is 10.9. The first kappa shape index (κ1) is 18.1. The monoisotopic (exact) mass is 414 g/mol. The van der Waals surface area contributed by atoms with Gasteiger partial charge in [0.25, 0.3) is 5.91 Å². The van der Waals surface area contributed by atoms with Crippen molar-refractivity contribution in [1.29, 1.82) is 0 Å². The van der Waals surface area contributed by atoms with Gasteiger partial charge in [0.2, 0.25) is 0 Å². The highest BCUT2D eigenvalue weighted by molar-refractivity contribution is 7.22. The average Bonchev–Trinajstić information content (AvgIpc) is 3.07. The molecule has 9 heteroatoms. The molecule has 0 spiro atoms. The van der Waals surface area contributed by atoms with Gasteiger partial charge in [-0.05, 0) is 26.0 Å². The van der Waals surface area contributed by atoms with Crippen molar-refractivity contribution in [3.63, 3.8) is 0 Å². The van der Waals surface area contributed by atoms with Crippen LogP contribution in [0.1, 0.15) is 32.0 Å². The molecular formula is C16H12Cl2N2O3S2. The molecule has 0 radical (unpaired) electrons. The number of hydrogen-bond donors (Lipinski definition) is 1. The van der Waals surface area contributed by atoms with Gasteiger partial charge in [-0.15, -0.1) is 11.3 Å². The molecule has 5 nitrogen and oxygen atoms in total. The molecule has 3 aromatic rings. The number of aromatic nitrogens is 1. The van der Waals surface area contributed by atoms with Crippen LogP contribution in [-0.2, 0) is 4.74 Å². The van der Waals surface area contributed by atoms with Crippen molar-refractivity contribution in [1.82, 2.24) is 4.98 Å². The summed E-state index contributed by atoms with van der Waals surface area (Å²) in [6.45, 7) is 3.69. The quantitative estimate of drug-likeness (QED) is 0.579. The molecule has 0 aliphatic heterocycles. The number of thiazole rings is 1. The van der Waals surface area contributed by atoms with Crippen LogP contribution in [0.5, 0.6) is 0 Å². The molecular weight excluding hydrogens is 403 g/mol. The second kappa shape index (κ2) is 7.29. The maximum Gasteiger partial charge on any atom is 0.350 e. The number of thiophene rings is 1. The predicted molar refractivity (Wildman–Crippen MR) is 103 cm³/mol. The van der Waals surface area contributed by atoms with Crippen LogP contribution in [0, 0.1) is 6.92 Å². The molecule has 25 heavy (non-hydrogen) atoms. The van der Waals surface area contributed by atoms with Crippen molar-refractivity contribution in [2.75, 3.05) is 11.9 Å². The number of carbonyl (C=O) groups is 2. The number of nitrogens with zero attached hydrogens (tertiary/aromatic N) is 1. The third-order valence-corrected chi connectivity index (χ3v) is 6.22. The molecule has 0 saturated carbocycles. The van der Waals surface area contributed by atoms with Crippen molar-refractivity contribution >= 4 is 73.0 Å². The molecule has 1 N–H and O–H groups in total. The fourth-order valence-electron chi connectivity index (χ4n) is 2.17. The topological polar surface area (TPSA) is 68.3 Å². The van der Waals surface area contributed by atoms with Gasteiger partial charge in [-0.2, -0.15) is 0 Å². The number of benzene rings is 1. The molecule has 0 aliphatic rings. The molecule has 2 heterocycles. The number of halogens is 2. The number of carbonyl (C=O) groups excluding carboxylic acids is 2. The van der Waals surface area contributed by atoms with Crippen molar-refractivity contribution in [3.05, 3.63) is 43.7 Å². The summed E-state index contributed by atoms with van der Waals surface area (Å²) in [6.07, 6.45) is 0. The van der Waals surface area contributed by atoms with E-state index in [-0.39, 0.29) is 12.5 Å². The fraction of sp³-hybridized carbons (Fsp3) is 0.188. The number of aryl methyl sites for hydroxylation is 1. The Morgan fingerprint density at radius 1 is 1.24 bits per heavy atom. The number of ether oxygens (including phenoxy) is 1. The summed E-state index contributed by atoms with van der Waals surface area (Å²) in [6, 6.07) is 5.26. The zero-order valence-corrected chi connectivity index (χ0v) is 16.3. The number of fused-ring (bicyclic) bond motifs is 1. The minimum atomic E-state index is -0.451. The minimum absolute atomic E-state index is 0.276. The van der Waals surface area contributed by atoms with E-state index in [1.165, 1.54) is 11.3 Å². The van der Waals surface area contributed by atoms with E-state index in [2.05, 4.69) is 10.3 Å². The Morgan fingerprint density at radius 3 is 2.72 bits per heavy atom. The molecule has 0 atom stereocenters. The largest absolute Gasteiger partial charge is 0.462 e. The third-order valence-electron chi connectivity index (χ3n) is 3.28. The van der Waals surface area contributed by atoms with Gasteiger partial charge in [-0.3, -0.25) is 10.1 Å². The van der Waals surface area contributed by atoms with Gasteiger partial charge < -0.3 is 4.74 Å². The highest BCUT2D eigenvalue weighted by Crippen LogP contribution is 2.37. The van der Waals surface area contributed by atoms with E-state index < -0.39 is 5.97 Å². The predicted octanol–water partition coefficient (Wildman–Crippen LogP) is 5.40. The average molecular weight is 415 g/mol. The number of esters is 1. The Bertz CT molecular complexity index is 981. The summed E-state index contributed by atoms with van der Waals surface area (Å²) in [5, 5.41) is 4.72. The van der Waals surface area contributed by atoms with Crippen LogP contribution in [0.15, 0.2) is 18.2 Å². The second-order valence-electron chi connectivity index (χ2n) is 4.99. The van der Waals surface area contributed by atoms with Crippen LogP contribution in [0.4, 0.5) is 5.13 Å². The zero-order chi connectivity index (χ0) is 18.1. The Labute approximate surface area is 161 Å². The summed E-state index contributed by atoms with van der Waals surface area (Å²) in [4.78, 5) is 29.3. The molecule has 1 aromatic carbocycles. The van der Waals surface area contributed by atoms with Gasteiger partial charge in [0, 0.05) is 15.1 Å². The van der Waals surface area contributed by atoms with Crippen molar-refractivity contribution < 1.29 is 14.3 Å². The Kier molecular flexibility index (Phi) is 5.29. The highest BCUT2D eigenvalue weighted by atomic mass is 35.5. The number of rotatable bonds is 4. The molecule has 130 valence electrons. The van der Waals surface area contributed by atoms with Gasteiger partial charge in [-0.25, -0.2) is 9.78 Å². The Morgan fingerprint density at radius 2 is 2.00 bits per heavy atom. The van der Waals surface area contributed by atoms with Gasteiger partial charge >= 0.3 is 5.97 Å². The van der Waals surface area contributed by atoms with E-state index in [9.17, 15) is 9.59 Å². The van der Waals surface area contributed by atoms with Crippen molar-refractivity contribution in [2.24, 2.45) is 0 Å². The van der Waals surface area contributed by atoms with E-state index in [1.54, 1.807) is 32.0 Å². The summed E-state index contributed by atoms with van der Waals surface area (Å²) >= 11 is 14.6. The number of amides is 1. The number of nitrogens with one attached hydrogen (secondary N) is 1. The molecule has 1 amide bonds. The number of anilines is 1. The van der Waals surface area contributed by atoms with E-state index in [0.29, 0.717) is 30.6 Å². The molecule has 0 fully saturated rings. The van der Waals surface area contributed by atoms with Gasteiger partial charge in [-0.1, -0.05) is 40.6 Å². The smallest absolute Gasteiger partial charge is 0.350 e. The van der Waals surface area contributed by atoms with Gasteiger partial charge in [0.1, 0.15) is 9.75 Å². The lowest BCUT2D eigenvalue weighted by Gasteiger charge is -1.99. The minimum Gasteiger partial charge on any atom is -0.462 e. The molecule has 0 aliphatic carbocycles. The summed E-state index contributed by atoms with van der Waals surface area (Å²) < 4.78 is 5.79. The highest BCUT2D eigenvalue weighted by Gasteiger charge is 2.21. The van der Waals surface area contributed by atoms with Crippen LogP contribution in [0.2, 0.25) is 10.0 Å². The van der Waals surface area contributed by atoms with Crippen molar-refractivity contribution in [3.8, 4) is 0 Å². The second-order valence-corrected chi connectivity index (χ2v) is 7.86. The third kappa shape index (κ3) is 3.64. The van der Waals surface area contributed by atoms with Gasteiger partial charge in [0.05, 0.1) is 17.3 Å². The van der Waals surface area contributed by atoms with Crippen LogP contribution in [0.25, 0.3) is 10.1 Å². The molecule has 0 saturated heterocycles. The molecule has 2 aromatic heterocycles. The Hall–Kier alpha value is -1.67. The maximum atomic E-state index is 12.5. The van der Waals surface area contributed by atoms with E-state index in [1.807, 2.05) is 0 Å². The standard InChI is InChI=1S/C16H12Cl2N2O3S2/c1-3-23-15(22)12-7(2)19-16(25-12)20-14(21)13-11(18)9-5-4-8(17)6-10(9)24-13/h4-6H,3H2,1-2H3,(H,19,20,21). The lowest BCUT2D eigenvalue weighted by molar-refractivity contribution is 0.0531. The fourth-order valence-corrected chi connectivity index (χ4v) is 4.72. The Balaban J connectivity index is 1.87. The first-order valence-corrected chi connectivity index (χ1v) is 9.63. The lowest BCUT2D eigenvalue weighted by Crippen LogP contribution is -2.10. The summed E-state index contributed by atoms with van der Waals surface area (Å²) in [5.41, 5.74) is 0.507. The van der Waals surface area contributed by atoms with E-state index in [4.69, 9.17) is 27.9 Å². The van der Waals surface area contributed by atoms with Crippen LogP contribution < -0.4 is 5.32 Å². The molecule has 0 unspecified atom stereocenters.